The second-order valence-electron chi connectivity index (χ2n) is 3.46. The van der Waals surface area contributed by atoms with E-state index in [2.05, 4.69) is 11.4 Å². The summed E-state index contributed by atoms with van der Waals surface area (Å²) in [7, 11) is 0. The zero-order valence-electron chi connectivity index (χ0n) is 7.76. The molecule has 1 aromatic rings. The molecule has 0 saturated heterocycles. The largest absolute Gasteiger partial charge is 0.385 e. The lowest BCUT2D eigenvalue weighted by Crippen LogP contribution is -2.13. The molecule has 0 atom stereocenters. The number of carbonyl (C=O) groups excluding carboxylic acids is 1. The molecule has 0 bridgehead atoms. The van der Waals surface area contributed by atoms with E-state index < -0.39 is 0 Å². The number of carbonyl (C=O) groups is 1. The molecule has 1 N–H and O–H groups in total. The predicted octanol–water partition coefficient (Wildman–Crippen LogP) is 2.17. The monoisotopic (exact) mass is 175 g/mol. The summed E-state index contributed by atoms with van der Waals surface area (Å²) in [6, 6.07) is 3.96. The molecule has 0 aromatic heterocycles. The van der Waals surface area contributed by atoms with Crippen molar-refractivity contribution in [3.05, 3.63) is 28.8 Å². The van der Waals surface area contributed by atoms with Crippen molar-refractivity contribution < 1.29 is 4.79 Å². The van der Waals surface area contributed by atoms with Gasteiger partial charge in [0.2, 0.25) is 0 Å². The van der Waals surface area contributed by atoms with E-state index in [1.165, 1.54) is 17.7 Å². The molecule has 68 valence electrons. The molecule has 2 heteroatoms. The Morgan fingerprint density at radius 3 is 3.08 bits per heavy atom. The summed E-state index contributed by atoms with van der Waals surface area (Å²) in [6.07, 6.45) is 3.24. The first kappa shape index (κ1) is 8.30. The van der Waals surface area contributed by atoms with Crippen molar-refractivity contribution in [2.75, 3.05) is 11.9 Å². The van der Waals surface area contributed by atoms with Crippen molar-refractivity contribution in [3.8, 4) is 0 Å². The van der Waals surface area contributed by atoms with Crippen molar-refractivity contribution in [1.82, 2.24) is 0 Å². The maximum absolute atomic E-state index is 10.7. The highest BCUT2D eigenvalue weighted by Gasteiger charge is 2.12. The molecule has 0 saturated carbocycles. The van der Waals surface area contributed by atoms with Crippen LogP contribution < -0.4 is 5.32 Å². The molecule has 2 rings (SSSR count). The first-order chi connectivity index (χ1) is 6.33. The van der Waals surface area contributed by atoms with Crippen LogP contribution in [-0.4, -0.2) is 12.8 Å². The third-order valence-corrected chi connectivity index (χ3v) is 2.64. The van der Waals surface area contributed by atoms with E-state index in [-0.39, 0.29) is 0 Å². The lowest BCUT2D eigenvalue weighted by Gasteiger charge is -2.20. The van der Waals surface area contributed by atoms with Crippen LogP contribution in [0.15, 0.2) is 12.1 Å². The average molecular weight is 175 g/mol. The van der Waals surface area contributed by atoms with Crippen molar-refractivity contribution in [2.45, 2.75) is 19.8 Å². The summed E-state index contributed by atoms with van der Waals surface area (Å²) in [5, 5.41) is 3.35. The van der Waals surface area contributed by atoms with E-state index in [9.17, 15) is 4.79 Å². The second-order valence-corrected chi connectivity index (χ2v) is 3.46. The standard InChI is InChI=1S/C11H13NO/c1-8-10(7-13)5-4-9-3-2-6-12-11(8)9/h4-5,7,12H,2-3,6H2,1H3. The molecule has 0 spiro atoms. The fraction of sp³-hybridized carbons (Fsp3) is 0.364. The van der Waals surface area contributed by atoms with Gasteiger partial charge in [-0.15, -0.1) is 0 Å². The molecule has 1 aliphatic rings. The molecule has 0 fully saturated rings. The first-order valence-electron chi connectivity index (χ1n) is 4.64. The average Bonchev–Trinajstić information content (AvgIpc) is 2.19. The number of anilines is 1. The van der Waals surface area contributed by atoms with Crippen molar-refractivity contribution in [3.63, 3.8) is 0 Å². The van der Waals surface area contributed by atoms with Gasteiger partial charge in [-0.2, -0.15) is 0 Å². The Balaban J connectivity index is 2.54. The normalized spacial score (nSPS) is 14.5. The van der Waals surface area contributed by atoms with Crippen LogP contribution in [0.1, 0.15) is 27.9 Å². The van der Waals surface area contributed by atoms with E-state index in [0.29, 0.717) is 0 Å². The second kappa shape index (κ2) is 3.21. The first-order valence-corrected chi connectivity index (χ1v) is 4.64. The van der Waals surface area contributed by atoms with Gasteiger partial charge in [-0.25, -0.2) is 0 Å². The lowest BCUT2D eigenvalue weighted by atomic mass is 9.97. The summed E-state index contributed by atoms with van der Waals surface area (Å²) in [6.45, 7) is 3.02. The molecule has 13 heavy (non-hydrogen) atoms. The molecule has 0 unspecified atom stereocenters. The molecule has 0 amide bonds. The van der Waals surface area contributed by atoms with Crippen molar-refractivity contribution in [2.24, 2.45) is 0 Å². The minimum atomic E-state index is 0.799. The number of hydrogen-bond acceptors (Lipinski definition) is 2. The van der Waals surface area contributed by atoms with Gasteiger partial charge < -0.3 is 5.32 Å². The van der Waals surface area contributed by atoms with E-state index in [4.69, 9.17) is 0 Å². The zero-order chi connectivity index (χ0) is 9.26. The van der Waals surface area contributed by atoms with Crippen molar-refractivity contribution >= 4 is 12.0 Å². The Hall–Kier alpha value is -1.31. The quantitative estimate of drug-likeness (QED) is 0.663. The number of benzene rings is 1. The van der Waals surface area contributed by atoms with Gasteiger partial charge in [0.05, 0.1) is 0 Å². The number of fused-ring (bicyclic) bond motifs is 1. The molecule has 0 aliphatic carbocycles. The van der Waals surface area contributed by atoms with Crippen LogP contribution in [0.2, 0.25) is 0 Å². The number of aldehydes is 1. The van der Waals surface area contributed by atoms with Gasteiger partial charge in [-0.3, -0.25) is 4.79 Å². The van der Waals surface area contributed by atoms with E-state index >= 15 is 0 Å². The Labute approximate surface area is 78.0 Å². The smallest absolute Gasteiger partial charge is 0.150 e. The molecule has 1 heterocycles. The van der Waals surface area contributed by atoms with Crippen LogP contribution in [0.4, 0.5) is 5.69 Å². The summed E-state index contributed by atoms with van der Waals surface area (Å²) in [5.41, 5.74) is 4.41. The van der Waals surface area contributed by atoms with Crippen LogP contribution in [0.25, 0.3) is 0 Å². The molecule has 2 nitrogen and oxygen atoms in total. The fourth-order valence-corrected chi connectivity index (χ4v) is 1.86. The summed E-state index contributed by atoms with van der Waals surface area (Å²) in [4.78, 5) is 10.7. The van der Waals surface area contributed by atoms with E-state index in [1.54, 1.807) is 0 Å². The van der Waals surface area contributed by atoms with Crippen LogP contribution in [-0.2, 0) is 6.42 Å². The van der Waals surface area contributed by atoms with Crippen LogP contribution >= 0.6 is 0 Å². The van der Waals surface area contributed by atoms with Crippen molar-refractivity contribution in [1.29, 1.82) is 0 Å². The van der Waals surface area contributed by atoms with Gasteiger partial charge in [-0.1, -0.05) is 12.1 Å². The highest BCUT2D eigenvalue weighted by molar-refractivity contribution is 5.81. The van der Waals surface area contributed by atoms with E-state index in [0.717, 1.165) is 30.4 Å². The topological polar surface area (TPSA) is 29.1 Å². The summed E-state index contributed by atoms with van der Waals surface area (Å²) in [5.74, 6) is 0. The maximum Gasteiger partial charge on any atom is 0.150 e. The predicted molar refractivity (Wildman–Crippen MR) is 53.4 cm³/mol. The number of hydrogen-bond donors (Lipinski definition) is 1. The van der Waals surface area contributed by atoms with Gasteiger partial charge in [0.1, 0.15) is 6.29 Å². The van der Waals surface area contributed by atoms with E-state index in [1.807, 2.05) is 13.0 Å². The molecular formula is C11H13NO. The maximum atomic E-state index is 10.7. The third kappa shape index (κ3) is 1.32. The summed E-state index contributed by atoms with van der Waals surface area (Å²) < 4.78 is 0. The molecule has 1 aromatic carbocycles. The minimum absolute atomic E-state index is 0.799. The SMILES string of the molecule is Cc1c(C=O)ccc2c1NCCC2. The zero-order valence-corrected chi connectivity index (χ0v) is 7.76. The third-order valence-electron chi connectivity index (χ3n) is 2.64. The highest BCUT2D eigenvalue weighted by atomic mass is 16.1. The van der Waals surface area contributed by atoms with Crippen LogP contribution in [0.3, 0.4) is 0 Å². The Bertz CT molecular complexity index is 344. The van der Waals surface area contributed by atoms with Gasteiger partial charge in [-0.05, 0) is 30.9 Å². The molecular weight excluding hydrogens is 162 g/mol. The minimum Gasteiger partial charge on any atom is -0.385 e. The van der Waals surface area contributed by atoms with Gasteiger partial charge >= 0.3 is 0 Å². The van der Waals surface area contributed by atoms with Gasteiger partial charge in [0.25, 0.3) is 0 Å². The summed E-state index contributed by atoms with van der Waals surface area (Å²) >= 11 is 0. The number of rotatable bonds is 1. The Morgan fingerprint density at radius 1 is 1.46 bits per heavy atom. The number of nitrogens with one attached hydrogen (secondary N) is 1. The van der Waals surface area contributed by atoms with Crippen LogP contribution in [0.5, 0.6) is 0 Å². The Kier molecular flexibility index (Phi) is 2.05. The van der Waals surface area contributed by atoms with Gasteiger partial charge in [0.15, 0.2) is 0 Å². The van der Waals surface area contributed by atoms with Crippen LogP contribution in [0, 0.1) is 6.92 Å². The highest BCUT2D eigenvalue weighted by Crippen LogP contribution is 2.27. The molecule has 1 aliphatic heterocycles. The Morgan fingerprint density at radius 2 is 2.31 bits per heavy atom. The molecule has 0 radical (unpaired) electrons. The lowest BCUT2D eigenvalue weighted by molar-refractivity contribution is 0.112. The fourth-order valence-electron chi connectivity index (χ4n) is 1.86. The number of aryl methyl sites for hydroxylation is 1. The van der Waals surface area contributed by atoms with Gasteiger partial charge in [0, 0.05) is 17.8 Å².